The Labute approximate surface area is 140 Å². The Morgan fingerprint density at radius 2 is 1.50 bits per heavy atom. The van der Waals surface area contributed by atoms with E-state index < -0.39 is 6.10 Å². The van der Waals surface area contributed by atoms with Crippen LogP contribution >= 0.6 is 0 Å². The molecule has 130 valence electrons. The molecule has 1 atom stereocenters. The molecule has 1 aliphatic rings. The van der Waals surface area contributed by atoms with Crippen molar-refractivity contribution in [1.29, 1.82) is 0 Å². The van der Waals surface area contributed by atoms with Crippen molar-refractivity contribution in [2.24, 2.45) is 5.92 Å². The van der Waals surface area contributed by atoms with Crippen LogP contribution in [0.15, 0.2) is 0 Å². The number of rotatable bonds is 8. The van der Waals surface area contributed by atoms with Gasteiger partial charge in [-0.25, -0.2) is 9.97 Å². The molecule has 0 saturated heterocycles. The maximum absolute atomic E-state index is 9.42. The predicted octanol–water partition coefficient (Wildman–Crippen LogP) is 1.12. The molecule has 2 aromatic heterocycles. The van der Waals surface area contributed by atoms with Gasteiger partial charge in [0.15, 0.2) is 11.6 Å². The smallest absolute Gasteiger partial charge is 0.225 e. The van der Waals surface area contributed by atoms with Crippen LogP contribution in [0.1, 0.15) is 19.8 Å². The van der Waals surface area contributed by atoms with E-state index in [-0.39, 0.29) is 0 Å². The molecule has 0 aliphatic heterocycles. The van der Waals surface area contributed by atoms with Crippen molar-refractivity contribution in [1.82, 2.24) is 19.9 Å². The highest BCUT2D eigenvalue weighted by Crippen LogP contribution is 2.30. The van der Waals surface area contributed by atoms with Crippen molar-refractivity contribution in [2.75, 3.05) is 48.5 Å². The maximum Gasteiger partial charge on any atom is 0.225 e. The molecule has 9 nitrogen and oxygen atoms in total. The van der Waals surface area contributed by atoms with E-state index in [1.54, 1.807) is 21.0 Å². The third kappa shape index (κ3) is 3.73. The summed E-state index contributed by atoms with van der Waals surface area (Å²) >= 11 is 0. The van der Waals surface area contributed by atoms with Crippen LogP contribution in [0.2, 0.25) is 0 Å². The lowest BCUT2D eigenvalue weighted by Gasteiger charge is -2.13. The molecule has 0 radical (unpaired) electrons. The largest absolute Gasteiger partial charge is 0.392 e. The molecule has 1 fully saturated rings. The summed E-state index contributed by atoms with van der Waals surface area (Å²) < 4.78 is 0. The normalized spacial score (nSPS) is 15.2. The second-order valence-electron chi connectivity index (χ2n) is 6.04. The maximum atomic E-state index is 9.42. The number of fused-ring (bicyclic) bond motifs is 1. The SMILES string of the molecule is CNc1nc(NC[C@@H](C)O)nc2c(NC)nc(NCC3CC3)nc12. The van der Waals surface area contributed by atoms with Gasteiger partial charge in [-0.3, -0.25) is 0 Å². The topological polar surface area (TPSA) is 120 Å². The lowest BCUT2D eigenvalue weighted by molar-refractivity contribution is 0.208. The molecule has 5 N–H and O–H groups in total. The number of anilines is 4. The minimum Gasteiger partial charge on any atom is -0.392 e. The lowest BCUT2D eigenvalue weighted by Crippen LogP contribution is -2.18. The average Bonchev–Trinajstić information content (AvgIpc) is 3.41. The van der Waals surface area contributed by atoms with Gasteiger partial charge in [0, 0.05) is 27.2 Å². The standard InChI is InChI=1S/C15H24N8O/c1-8(24)6-18-14-20-10-11(12(16-2)22-14)21-15(23-13(10)17-3)19-7-9-4-5-9/h8-9,24H,4-7H2,1-3H3,(H2,16,18,20,22)(H2,17,19,21,23)/t8-/m1/s1. The van der Waals surface area contributed by atoms with Gasteiger partial charge in [-0.1, -0.05) is 0 Å². The predicted molar refractivity (Wildman–Crippen MR) is 95.6 cm³/mol. The Morgan fingerprint density at radius 1 is 0.958 bits per heavy atom. The van der Waals surface area contributed by atoms with Gasteiger partial charge in [-0.15, -0.1) is 0 Å². The lowest BCUT2D eigenvalue weighted by atomic mass is 10.3. The first kappa shape index (κ1) is 16.4. The third-order valence-electron chi connectivity index (χ3n) is 3.82. The summed E-state index contributed by atoms with van der Waals surface area (Å²) in [7, 11) is 3.59. The van der Waals surface area contributed by atoms with E-state index >= 15 is 0 Å². The van der Waals surface area contributed by atoms with Gasteiger partial charge in [-0.05, 0) is 25.7 Å². The number of nitrogens with zero attached hydrogens (tertiary/aromatic N) is 4. The van der Waals surface area contributed by atoms with Crippen molar-refractivity contribution < 1.29 is 5.11 Å². The molecule has 9 heteroatoms. The molecule has 2 aromatic rings. The van der Waals surface area contributed by atoms with Gasteiger partial charge >= 0.3 is 0 Å². The molecule has 24 heavy (non-hydrogen) atoms. The van der Waals surface area contributed by atoms with Crippen molar-refractivity contribution in [3.8, 4) is 0 Å². The molecule has 0 unspecified atom stereocenters. The third-order valence-corrected chi connectivity index (χ3v) is 3.82. The van der Waals surface area contributed by atoms with Gasteiger partial charge in [0.2, 0.25) is 11.9 Å². The summed E-state index contributed by atoms with van der Waals surface area (Å²) in [6.07, 6.45) is 2.04. The Bertz CT molecular complexity index is 663. The van der Waals surface area contributed by atoms with E-state index in [1.165, 1.54) is 12.8 Å². The van der Waals surface area contributed by atoms with Crippen molar-refractivity contribution in [2.45, 2.75) is 25.9 Å². The molecular formula is C15H24N8O. The van der Waals surface area contributed by atoms with Crippen LogP contribution in [-0.2, 0) is 0 Å². The number of aliphatic hydroxyl groups excluding tert-OH is 1. The summed E-state index contributed by atoms with van der Waals surface area (Å²) in [6, 6.07) is 0. The number of nitrogens with one attached hydrogen (secondary N) is 4. The van der Waals surface area contributed by atoms with Crippen LogP contribution in [0.3, 0.4) is 0 Å². The first-order chi connectivity index (χ1) is 11.6. The Morgan fingerprint density at radius 3 is 1.96 bits per heavy atom. The van der Waals surface area contributed by atoms with Crippen LogP contribution in [0.4, 0.5) is 23.5 Å². The quantitative estimate of drug-likeness (QED) is 0.484. The van der Waals surface area contributed by atoms with Crippen molar-refractivity contribution in [3.05, 3.63) is 0 Å². The fourth-order valence-corrected chi connectivity index (χ4v) is 2.32. The molecule has 0 amide bonds. The molecular weight excluding hydrogens is 308 g/mol. The summed E-state index contributed by atoms with van der Waals surface area (Å²) in [5.74, 6) is 2.98. The first-order valence-electron chi connectivity index (χ1n) is 8.21. The Hall–Kier alpha value is -2.42. The van der Waals surface area contributed by atoms with Crippen LogP contribution in [0.25, 0.3) is 11.0 Å². The minimum atomic E-state index is -0.489. The molecule has 3 rings (SSSR count). The summed E-state index contributed by atoms with van der Waals surface area (Å²) in [5, 5.41) is 21.8. The molecule has 0 spiro atoms. The van der Waals surface area contributed by atoms with Gasteiger partial charge in [0.25, 0.3) is 0 Å². The van der Waals surface area contributed by atoms with Gasteiger partial charge in [0.05, 0.1) is 6.10 Å². The molecule has 2 heterocycles. The highest BCUT2D eigenvalue weighted by molar-refractivity contribution is 5.94. The van der Waals surface area contributed by atoms with Crippen molar-refractivity contribution >= 4 is 34.6 Å². The molecule has 0 aromatic carbocycles. The monoisotopic (exact) mass is 332 g/mol. The molecule has 0 bridgehead atoms. The Kier molecular flexibility index (Phi) is 4.79. The summed E-state index contributed by atoms with van der Waals surface area (Å²) in [4.78, 5) is 18.0. The zero-order valence-corrected chi connectivity index (χ0v) is 14.2. The first-order valence-corrected chi connectivity index (χ1v) is 8.21. The average molecular weight is 332 g/mol. The number of hydrogen-bond donors (Lipinski definition) is 5. The van der Waals surface area contributed by atoms with Crippen LogP contribution in [0.5, 0.6) is 0 Å². The van der Waals surface area contributed by atoms with E-state index in [0.717, 1.165) is 12.5 Å². The van der Waals surface area contributed by atoms with Gasteiger partial charge < -0.3 is 26.4 Å². The highest BCUT2D eigenvalue weighted by Gasteiger charge is 2.22. The van der Waals surface area contributed by atoms with E-state index in [0.29, 0.717) is 41.1 Å². The number of aliphatic hydroxyl groups is 1. The van der Waals surface area contributed by atoms with Gasteiger partial charge in [0.1, 0.15) is 11.0 Å². The second kappa shape index (κ2) is 7.00. The summed E-state index contributed by atoms with van der Waals surface area (Å²) in [5.41, 5.74) is 1.28. The van der Waals surface area contributed by atoms with Crippen molar-refractivity contribution in [3.63, 3.8) is 0 Å². The van der Waals surface area contributed by atoms with Crippen LogP contribution in [0, 0.1) is 5.92 Å². The van der Waals surface area contributed by atoms with Crippen LogP contribution in [-0.4, -0.2) is 58.3 Å². The zero-order valence-electron chi connectivity index (χ0n) is 14.2. The van der Waals surface area contributed by atoms with E-state index in [4.69, 9.17) is 0 Å². The summed E-state index contributed by atoms with van der Waals surface area (Å²) in [6.45, 7) is 2.96. The van der Waals surface area contributed by atoms with E-state index in [1.807, 2.05) is 0 Å². The fourth-order valence-electron chi connectivity index (χ4n) is 2.32. The van der Waals surface area contributed by atoms with Gasteiger partial charge in [-0.2, -0.15) is 9.97 Å². The molecule has 1 saturated carbocycles. The number of aromatic nitrogens is 4. The van der Waals surface area contributed by atoms with E-state index in [2.05, 4.69) is 41.2 Å². The minimum absolute atomic E-state index is 0.367. The Balaban J connectivity index is 1.97. The highest BCUT2D eigenvalue weighted by atomic mass is 16.3. The second-order valence-corrected chi connectivity index (χ2v) is 6.04. The zero-order chi connectivity index (χ0) is 17.1. The van der Waals surface area contributed by atoms with Crippen LogP contribution < -0.4 is 21.3 Å². The molecule has 1 aliphatic carbocycles. The number of hydrogen-bond acceptors (Lipinski definition) is 9. The fraction of sp³-hybridized carbons (Fsp3) is 0.600. The van der Waals surface area contributed by atoms with E-state index in [9.17, 15) is 5.11 Å².